The summed E-state index contributed by atoms with van der Waals surface area (Å²) >= 11 is 1.82. The maximum Gasteiger partial charge on any atom is 0.311 e. The van der Waals surface area contributed by atoms with Gasteiger partial charge < -0.3 is 10.0 Å². The molecule has 2 atom stereocenters. The number of hydrogen-bond acceptors (Lipinski definition) is 3. The van der Waals surface area contributed by atoms with E-state index in [-0.39, 0.29) is 11.8 Å². The molecular formula is C15H17NO3S. The Kier molecular flexibility index (Phi) is 3.70. The maximum atomic E-state index is 12.6. The molecule has 1 fully saturated rings. The van der Waals surface area contributed by atoms with E-state index in [1.807, 2.05) is 36.0 Å². The Bertz CT molecular complexity index is 540. The zero-order valence-corrected chi connectivity index (χ0v) is 11.9. The quantitative estimate of drug-likeness (QED) is 0.908. The summed E-state index contributed by atoms with van der Waals surface area (Å²) in [5.41, 5.74) is 1.55. The molecule has 0 spiro atoms. The fraction of sp³-hybridized carbons (Fsp3) is 0.467. The largest absolute Gasteiger partial charge is 0.481 e. The lowest BCUT2D eigenvalue weighted by Crippen LogP contribution is -2.41. The van der Waals surface area contributed by atoms with E-state index in [0.29, 0.717) is 13.0 Å². The van der Waals surface area contributed by atoms with Gasteiger partial charge in [0.15, 0.2) is 0 Å². The van der Waals surface area contributed by atoms with Crippen molar-refractivity contribution in [2.45, 2.75) is 18.8 Å². The molecule has 2 heterocycles. The van der Waals surface area contributed by atoms with Gasteiger partial charge in [0, 0.05) is 23.9 Å². The second kappa shape index (κ2) is 5.48. The Hall–Kier alpha value is -1.49. The van der Waals surface area contributed by atoms with Crippen LogP contribution in [0.25, 0.3) is 0 Å². The van der Waals surface area contributed by atoms with E-state index in [9.17, 15) is 14.7 Å². The van der Waals surface area contributed by atoms with Crippen LogP contribution in [0.15, 0.2) is 24.3 Å². The maximum absolute atomic E-state index is 12.6. The predicted molar refractivity (Wildman–Crippen MR) is 79.2 cm³/mol. The minimum Gasteiger partial charge on any atom is -0.481 e. The molecule has 4 nitrogen and oxygen atoms in total. The number of para-hydroxylation sites is 1. The molecule has 106 valence electrons. The van der Waals surface area contributed by atoms with Gasteiger partial charge in [-0.05, 0) is 30.2 Å². The smallest absolute Gasteiger partial charge is 0.311 e. The van der Waals surface area contributed by atoms with Crippen molar-refractivity contribution < 1.29 is 14.7 Å². The third-order valence-electron chi connectivity index (χ3n) is 4.09. The number of rotatable bonds is 2. The third-order valence-corrected chi connectivity index (χ3v) is 5.25. The lowest BCUT2D eigenvalue weighted by Gasteiger charge is -2.34. The average molecular weight is 291 g/mol. The number of benzene rings is 1. The van der Waals surface area contributed by atoms with Gasteiger partial charge >= 0.3 is 5.97 Å². The molecule has 0 aliphatic carbocycles. The van der Waals surface area contributed by atoms with Crippen LogP contribution in [-0.4, -0.2) is 35.0 Å². The van der Waals surface area contributed by atoms with E-state index in [0.717, 1.165) is 29.2 Å². The van der Waals surface area contributed by atoms with Crippen LogP contribution in [0.5, 0.6) is 0 Å². The summed E-state index contributed by atoms with van der Waals surface area (Å²) in [6.45, 7) is 0.508. The van der Waals surface area contributed by atoms with Gasteiger partial charge in [0.1, 0.15) is 0 Å². The van der Waals surface area contributed by atoms with E-state index in [1.54, 1.807) is 4.90 Å². The molecule has 1 N–H and O–H groups in total. The number of carbonyl (C=O) groups excluding carboxylic acids is 1. The second-order valence-corrected chi connectivity index (χ2v) is 6.44. The van der Waals surface area contributed by atoms with Gasteiger partial charge in [-0.3, -0.25) is 9.59 Å². The SMILES string of the molecule is O=C(O)C1CCN(C(=O)C2CCSC2)c2ccccc21. The second-order valence-electron chi connectivity index (χ2n) is 5.29. The summed E-state index contributed by atoms with van der Waals surface area (Å²) in [6, 6.07) is 7.41. The fourth-order valence-corrected chi connectivity index (χ4v) is 4.21. The van der Waals surface area contributed by atoms with Gasteiger partial charge in [-0.1, -0.05) is 18.2 Å². The first-order valence-electron chi connectivity index (χ1n) is 6.89. The van der Waals surface area contributed by atoms with Crippen molar-refractivity contribution in [1.29, 1.82) is 0 Å². The molecule has 2 aliphatic rings. The first-order chi connectivity index (χ1) is 9.68. The number of aliphatic carboxylic acids is 1. The summed E-state index contributed by atoms with van der Waals surface area (Å²) in [6.07, 6.45) is 1.43. The Morgan fingerprint density at radius 2 is 2.05 bits per heavy atom. The molecule has 1 amide bonds. The van der Waals surface area contributed by atoms with Gasteiger partial charge in [-0.25, -0.2) is 0 Å². The van der Waals surface area contributed by atoms with Gasteiger partial charge in [-0.15, -0.1) is 0 Å². The van der Waals surface area contributed by atoms with E-state index in [2.05, 4.69) is 0 Å². The highest BCUT2D eigenvalue weighted by Gasteiger charge is 2.35. The van der Waals surface area contributed by atoms with Crippen molar-refractivity contribution in [2.75, 3.05) is 23.0 Å². The van der Waals surface area contributed by atoms with Crippen LogP contribution >= 0.6 is 11.8 Å². The van der Waals surface area contributed by atoms with E-state index < -0.39 is 11.9 Å². The first kappa shape index (κ1) is 13.5. The third kappa shape index (κ3) is 2.30. The summed E-state index contributed by atoms with van der Waals surface area (Å²) < 4.78 is 0. The highest BCUT2D eigenvalue weighted by molar-refractivity contribution is 7.99. The summed E-state index contributed by atoms with van der Waals surface area (Å²) in [5, 5.41) is 9.31. The number of fused-ring (bicyclic) bond motifs is 1. The molecule has 1 aromatic carbocycles. The number of hydrogen-bond donors (Lipinski definition) is 1. The van der Waals surface area contributed by atoms with Crippen LogP contribution in [-0.2, 0) is 9.59 Å². The fourth-order valence-electron chi connectivity index (χ4n) is 3.00. The molecule has 20 heavy (non-hydrogen) atoms. The Morgan fingerprint density at radius 1 is 1.25 bits per heavy atom. The highest BCUT2D eigenvalue weighted by atomic mass is 32.2. The number of anilines is 1. The molecule has 0 aromatic heterocycles. The lowest BCUT2D eigenvalue weighted by atomic mass is 9.89. The average Bonchev–Trinajstić information content (AvgIpc) is 2.99. The monoisotopic (exact) mass is 291 g/mol. The molecule has 2 unspecified atom stereocenters. The van der Waals surface area contributed by atoms with Crippen molar-refractivity contribution in [2.24, 2.45) is 5.92 Å². The minimum absolute atomic E-state index is 0.0921. The lowest BCUT2D eigenvalue weighted by molar-refractivity contribution is -0.139. The Balaban J connectivity index is 1.92. The zero-order chi connectivity index (χ0) is 14.1. The number of carboxylic acids is 1. The molecule has 0 radical (unpaired) electrons. The minimum atomic E-state index is -0.805. The van der Waals surface area contributed by atoms with E-state index in [1.165, 1.54) is 0 Å². The van der Waals surface area contributed by atoms with Gasteiger partial charge in [-0.2, -0.15) is 11.8 Å². The van der Waals surface area contributed by atoms with Crippen LogP contribution in [0.1, 0.15) is 24.3 Å². The predicted octanol–water partition coefficient (Wildman–Crippen LogP) is 2.34. The molecule has 2 aliphatic heterocycles. The molecule has 3 rings (SSSR count). The first-order valence-corrected chi connectivity index (χ1v) is 8.05. The zero-order valence-electron chi connectivity index (χ0n) is 11.1. The van der Waals surface area contributed by atoms with Gasteiger partial charge in [0.25, 0.3) is 0 Å². The van der Waals surface area contributed by atoms with Crippen molar-refractivity contribution >= 4 is 29.3 Å². The van der Waals surface area contributed by atoms with E-state index in [4.69, 9.17) is 0 Å². The van der Waals surface area contributed by atoms with E-state index >= 15 is 0 Å². The van der Waals surface area contributed by atoms with Crippen molar-refractivity contribution in [3.05, 3.63) is 29.8 Å². The highest BCUT2D eigenvalue weighted by Crippen LogP contribution is 2.37. The molecule has 1 saturated heterocycles. The van der Waals surface area contributed by atoms with Crippen molar-refractivity contribution in [3.63, 3.8) is 0 Å². The van der Waals surface area contributed by atoms with Crippen molar-refractivity contribution in [1.82, 2.24) is 0 Å². The Labute approximate surface area is 122 Å². The Morgan fingerprint density at radius 3 is 2.75 bits per heavy atom. The number of carboxylic acid groups (broad SMARTS) is 1. The van der Waals surface area contributed by atoms with Gasteiger partial charge in [0.05, 0.1) is 5.92 Å². The van der Waals surface area contributed by atoms with Crippen LogP contribution < -0.4 is 4.90 Å². The standard InChI is InChI=1S/C15H17NO3S/c17-14(10-6-8-20-9-10)16-7-5-12(15(18)19)11-3-1-2-4-13(11)16/h1-4,10,12H,5-9H2,(H,18,19). The van der Waals surface area contributed by atoms with Gasteiger partial charge in [0.2, 0.25) is 5.91 Å². The van der Waals surface area contributed by atoms with Crippen LogP contribution in [0.2, 0.25) is 0 Å². The normalized spacial score (nSPS) is 25.3. The topological polar surface area (TPSA) is 57.6 Å². The van der Waals surface area contributed by atoms with Crippen molar-refractivity contribution in [3.8, 4) is 0 Å². The number of amides is 1. The molecule has 5 heteroatoms. The van der Waals surface area contributed by atoms with Crippen LogP contribution in [0, 0.1) is 5.92 Å². The number of thioether (sulfide) groups is 1. The molecular weight excluding hydrogens is 274 g/mol. The number of carbonyl (C=O) groups is 2. The van der Waals surface area contributed by atoms with Crippen LogP contribution in [0.3, 0.4) is 0 Å². The summed E-state index contributed by atoms with van der Waals surface area (Å²) in [5.74, 6) is 0.888. The van der Waals surface area contributed by atoms with Crippen LogP contribution in [0.4, 0.5) is 5.69 Å². The summed E-state index contributed by atoms with van der Waals surface area (Å²) in [7, 11) is 0. The number of nitrogens with zero attached hydrogens (tertiary/aromatic N) is 1. The molecule has 1 aromatic rings. The molecule has 0 saturated carbocycles. The summed E-state index contributed by atoms with van der Waals surface area (Å²) in [4.78, 5) is 25.7. The molecule has 0 bridgehead atoms.